The normalized spacial score (nSPS) is 15.7. The van der Waals surface area contributed by atoms with Crippen molar-refractivity contribution < 1.29 is 13.2 Å². The van der Waals surface area contributed by atoms with Crippen molar-refractivity contribution in [1.82, 2.24) is 18.8 Å². The highest BCUT2D eigenvalue weighted by Crippen LogP contribution is 2.37. The molecule has 1 saturated heterocycles. The first-order valence-electron chi connectivity index (χ1n) is 11.3. The lowest BCUT2D eigenvalue weighted by Crippen LogP contribution is -2.38. The smallest absolute Gasteiger partial charge is 0.262 e. The quantitative estimate of drug-likeness (QED) is 0.444. The van der Waals surface area contributed by atoms with Gasteiger partial charge in [0.15, 0.2) is 5.03 Å². The fourth-order valence-electron chi connectivity index (χ4n) is 4.85. The molecule has 0 bridgehead atoms. The van der Waals surface area contributed by atoms with Gasteiger partial charge in [-0.3, -0.25) is 4.79 Å². The maximum atomic E-state index is 13.0. The van der Waals surface area contributed by atoms with Gasteiger partial charge in [-0.25, -0.2) is 13.4 Å². The molecule has 0 unspecified atom stereocenters. The van der Waals surface area contributed by atoms with E-state index in [1.165, 1.54) is 16.8 Å². The number of carbonyl (C=O) groups excluding carboxylic acids is 1. The molecule has 5 rings (SSSR count). The maximum absolute atomic E-state index is 13.0. The Bertz CT molecular complexity index is 1450. The summed E-state index contributed by atoms with van der Waals surface area (Å²) in [6, 6.07) is 14.2. The molecule has 8 nitrogen and oxygen atoms in total. The molecule has 1 fully saturated rings. The highest BCUT2D eigenvalue weighted by molar-refractivity contribution is 7.89. The highest BCUT2D eigenvalue weighted by Gasteiger charge is 2.32. The van der Waals surface area contributed by atoms with Crippen LogP contribution in [0.4, 0.5) is 0 Å². The molecule has 9 heteroatoms. The Morgan fingerprint density at radius 2 is 1.88 bits per heavy atom. The number of hydrogen-bond acceptors (Lipinski definition) is 4. The number of amides is 1. The van der Waals surface area contributed by atoms with Gasteiger partial charge in [-0.1, -0.05) is 30.3 Å². The Morgan fingerprint density at radius 1 is 1.15 bits per heavy atom. The molecule has 1 aliphatic heterocycles. The number of H-pyrrole nitrogens is 1. The van der Waals surface area contributed by atoms with Gasteiger partial charge in [-0.2, -0.15) is 4.31 Å². The van der Waals surface area contributed by atoms with Crippen LogP contribution in [0.5, 0.6) is 0 Å². The number of aromatic amines is 1. The minimum absolute atomic E-state index is 0.0872. The predicted molar refractivity (Wildman–Crippen MR) is 131 cm³/mol. The molecule has 0 spiro atoms. The van der Waals surface area contributed by atoms with Gasteiger partial charge < -0.3 is 15.3 Å². The van der Waals surface area contributed by atoms with Crippen LogP contribution in [0.2, 0.25) is 0 Å². The fourth-order valence-corrected chi connectivity index (χ4v) is 6.29. The summed E-state index contributed by atoms with van der Waals surface area (Å²) in [5, 5.41) is 1.15. The van der Waals surface area contributed by atoms with E-state index in [1.807, 2.05) is 42.6 Å². The van der Waals surface area contributed by atoms with Gasteiger partial charge in [0.25, 0.3) is 10.0 Å². The number of nitrogens with one attached hydrogen (secondary N) is 1. The lowest BCUT2D eigenvalue weighted by atomic mass is 9.88. The molecule has 34 heavy (non-hydrogen) atoms. The number of nitrogens with zero attached hydrogens (tertiary/aromatic N) is 3. The first kappa shape index (κ1) is 22.4. The van der Waals surface area contributed by atoms with E-state index in [0.717, 1.165) is 33.2 Å². The van der Waals surface area contributed by atoms with Crippen LogP contribution < -0.4 is 5.73 Å². The summed E-state index contributed by atoms with van der Waals surface area (Å²) in [6.07, 6.45) is 6.60. The number of nitrogens with two attached hydrogens (primary N) is 1. The molecule has 0 aliphatic carbocycles. The molecule has 3 heterocycles. The van der Waals surface area contributed by atoms with Crippen LogP contribution in [0.1, 0.15) is 29.9 Å². The molecular formula is C25H27N5O3S. The Balaban J connectivity index is 1.46. The van der Waals surface area contributed by atoms with E-state index in [2.05, 4.69) is 16.0 Å². The van der Waals surface area contributed by atoms with E-state index >= 15 is 0 Å². The molecule has 3 N–H and O–H groups in total. The zero-order chi connectivity index (χ0) is 23.9. The zero-order valence-electron chi connectivity index (χ0n) is 18.9. The summed E-state index contributed by atoms with van der Waals surface area (Å²) < 4.78 is 29.1. The Morgan fingerprint density at radius 3 is 2.53 bits per heavy atom. The lowest BCUT2D eigenvalue weighted by molar-refractivity contribution is -0.117. The third-order valence-corrected chi connectivity index (χ3v) is 8.34. The van der Waals surface area contributed by atoms with E-state index in [0.29, 0.717) is 25.9 Å². The molecule has 4 aromatic rings. The van der Waals surface area contributed by atoms with Gasteiger partial charge in [-0.05, 0) is 53.1 Å². The average Bonchev–Trinajstić information content (AvgIpc) is 3.46. The number of piperidine rings is 1. The topological polar surface area (TPSA) is 114 Å². The average molecular weight is 478 g/mol. The largest absolute Gasteiger partial charge is 0.369 e. The van der Waals surface area contributed by atoms with Gasteiger partial charge >= 0.3 is 0 Å². The van der Waals surface area contributed by atoms with Gasteiger partial charge in [-0.15, -0.1) is 0 Å². The highest BCUT2D eigenvalue weighted by atomic mass is 32.2. The van der Waals surface area contributed by atoms with Crippen molar-refractivity contribution in [3.05, 3.63) is 72.3 Å². The van der Waals surface area contributed by atoms with Gasteiger partial charge in [0.1, 0.15) is 0 Å². The Kier molecular flexibility index (Phi) is 5.75. The van der Waals surface area contributed by atoms with Gasteiger partial charge in [0.05, 0.1) is 12.7 Å². The van der Waals surface area contributed by atoms with Crippen molar-refractivity contribution in [2.24, 2.45) is 12.8 Å². The minimum atomic E-state index is -3.60. The van der Waals surface area contributed by atoms with E-state index in [9.17, 15) is 13.2 Å². The number of aromatic nitrogens is 3. The second kappa shape index (κ2) is 8.73. The molecule has 0 saturated carbocycles. The summed E-state index contributed by atoms with van der Waals surface area (Å²) in [5.41, 5.74) is 10.6. The van der Waals surface area contributed by atoms with Crippen molar-refractivity contribution in [1.29, 1.82) is 0 Å². The number of aryl methyl sites for hydroxylation is 1. The van der Waals surface area contributed by atoms with E-state index in [4.69, 9.17) is 5.73 Å². The number of primary amides is 1. The summed E-state index contributed by atoms with van der Waals surface area (Å²) >= 11 is 0. The van der Waals surface area contributed by atoms with Crippen molar-refractivity contribution >= 4 is 26.8 Å². The van der Waals surface area contributed by atoms with E-state index in [1.54, 1.807) is 11.6 Å². The fraction of sp³-hybridized carbons (Fsp3) is 0.280. The molecule has 0 atom stereocenters. The number of benzene rings is 2. The summed E-state index contributed by atoms with van der Waals surface area (Å²) in [6.45, 7) is 0.867. The number of imidazole rings is 1. The molecule has 1 aliphatic rings. The van der Waals surface area contributed by atoms with Gasteiger partial charge in [0.2, 0.25) is 5.91 Å². The second-order valence-corrected chi connectivity index (χ2v) is 10.8. The Labute approximate surface area is 198 Å². The second-order valence-electron chi connectivity index (χ2n) is 8.87. The van der Waals surface area contributed by atoms with Crippen molar-refractivity contribution in [3.63, 3.8) is 0 Å². The first-order valence-corrected chi connectivity index (χ1v) is 12.7. The SMILES string of the molecule is Cn1cnc(S(=O)(=O)N2CCC(c3c[nH]c4c(CC(N)=O)cc(-c5ccccc5)cc34)CC2)c1. The number of sulfonamides is 1. The third-order valence-electron chi connectivity index (χ3n) is 6.55. The Hall–Kier alpha value is -3.43. The van der Waals surface area contributed by atoms with Crippen LogP contribution in [0.3, 0.4) is 0 Å². The first-order chi connectivity index (χ1) is 16.3. The molecule has 2 aromatic carbocycles. The predicted octanol–water partition coefficient (Wildman–Crippen LogP) is 3.16. The summed E-state index contributed by atoms with van der Waals surface area (Å²) in [4.78, 5) is 19.1. The minimum Gasteiger partial charge on any atom is -0.369 e. The molecule has 176 valence electrons. The number of hydrogen-bond donors (Lipinski definition) is 2. The number of rotatable bonds is 6. The molecule has 1 amide bonds. The molecule has 2 aromatic heterocycles. The lowest BCUT2D eigenvalue weighted by Gasteiger charge is -2.30. The monoisotopic (exact) mass is 477 g/mol. The van der Waals surface area contributed by atoms with Crippen LogP contribution >= 0.6 is 0 Å². The van der Waals surface area contributed by atoms with Crippen molar-refractivity contribution in [2.45, 2.75) is 30.2 Å². The van der Waals surface area contributed by atoms with Crippen LogP contribution in [0, 0.1) is 0 Å². The van der Waals surface area contributed by atoms with Crippen molar-refractivity contribution in [3.8, 4) is 11.1 Å². The van der Waals surface area contributed by atoms with E-state index < -0.39 is 10.0 Å². The van der Waals surface area contributed by atoms with Crippen LogP contribution in [0.15, 0.2) is 66.2 Å². The number of carbonyl (C=O) groups is 1. The standard InChI is InChI=1S/C25H27N5O3S/c1-29-15-24(28-16-29)34(32,33)30-9-7-18(8-10-30)22-14-27-25-20(13-23(26)31)11-19(12-21(22)25)17-5-3-2-4-6-17/h2-6,11-12,14-16,18,27H,7-10,13H2,1H3,(H2,26,31). The van der Waals surface area contributed by atoms with E-state index in [-0.39, 0.29) is 23.3 Å². The molecular weight excluding hydrogens is 450 g/mol. The number of fused-ring (bicyclic) bond motifs is 1. The van der Waals surface area contributed by atoms with Gasteiger partial charge in [0, 0.05) is 43.4 Å². The van der Waals surface area contributed by atoms with Crippen molar-refractivity contribution in [2.75, 3.05) is 13.1 Å². The summed E-state index contributed by atoms with van der Waals surface area (Å²) in [7, 11) is -1.84. The third kappa shape index (κ3) is 4.12. The van der Waals surface area contributed by atoms with Crippen LogP contribution in [-0.4, -0.2) is 46.3 Å². The summed E-state index contributed by atoms with van der Waals surface area (Å²) in [5.74, 6) is -0.174. The zero-order valence-corrected chi connectivity index (χ0v) is 19.8. The molecule has 0 radical (unpaired) electrons. The van der Waals surface area contributed by atoms with Crippen LogP contribution in [-0.2, 0) is 28.3 Å². The van der Waals surface area contributed by atoms with Crippen LogP contribution in [0.25, 0.3) is 22.0 Å². The maximum Gasteiger partial charge on any atom is 0.262 e.